The fourth-order valence-electron chi connectivity index (χ4n) is 0.914. The summed E-state index contributed by atoms with van der Waals surface area (Å²) in [6, 6.07) is 0. The first-order valence-corrected chi connectivity index (χ1v) is 4.05. The quantitative estimate of drug-likeness (QED) is 0.614. The minimum atomic E-state index is -0.183. The maximum Gasteiger partial charge on any atom is 0.313 e. The molecule has 0 saturated carbocycles. The van der Waals surface area contributed by atoms with Crippen LogP contribution in [0, 0.1) is 6.57 Å². The lowest BCUT2D eigenvalue weighted by molar-refractivity contribution is 0.576. The van der Waals surface area contributed by atoms with E-state index in [4.69, 9.17) is 6.57 Å². The molecule has 1 aromatic heterocycles. The molecule has 0 aliphatic heterocycles. The molecule has 0 bridgehead atoms. The third kappa shape index (κ3) is 1.65. The topological polar surface area (TPSA) is 22.2 Å². The lowest BCUT2D eigenvalue weighted by Gasteiger charge is -1.98. The van der Waals surface area contributed by atoms with Crippen molar-refractivity contribution in [3.63, 3.8) is 0 Å². The molecule has 0 radical (unpaired) electrons. The van der Waals surface area contributed by atoms with E-state index in [2.05, 4.69) is 23.8 Å². The molecule has 1 atom stereocenters. The van der Waals surface area contributed by atoms with Crippen LogP contribution >= 0.6 is 0 Å². The summed E-state index contributed by atoms with van der Waals surface area (Å²) >= 11 is 0. The van der Waals surface area contributed by atoms with Crippen molar-refractivity contribution >= 4 is 0 Å². The molecular formula is C9H13N3. The lowest BCUT2D eigenvalue weighted by Crippen LogP contribution is -2.00. The van der Waals surface area contributed by atoms with Crippen molar-refractivity contribution in [2.24, 2.45) is 0 Å². The molecule has 1 unspecified atom stereocenters. The molecule has 0 aromatic carbocycles. The van der Waals surface area contributed by atoms with E-state index in [1.54, 1.807) is 4.68 Å². The van der Waals surface area contributed by atoms with Gasteiger partial charge in [0, 0.05) is 13.1 Å². The third-order valence-electron chi connectivity index (χ3n) is 1.86. The van der Waals surface area contributed by atoms with Crippen molar-refractivity contribution in [2.75, 3.05) is 0 Å². The summed E-state index contributed by atoms with van der Waals surface area (Å²) in [5.41, 5.74) is 1.19. The minimum Gasteiger partial charge on any atom is -0.288 e. The molecule has 3 nitrogen and oxygen atoms in total. The lowest BCUT2D eigenvalue weighted by atomic mass is 10.1. The number of hydrogen-bond acceptors (Lipinski definition) is 1. The van der Waals surface area contributed by atoms with Gasteiger partial charge in [0.15, 0.2) is 0 Å². The highest BCUT2D eigenvalue weighted by Gasteiger charge is 2.09. The second-order valence-corrected chi connectivity index (χ2v) is 3.17. The molecule has 0 spiro atoms. The molecule has 3 heteroatoms. The Labute approximate surface area is 72.8 Å². The molecule has 1 aromatic rings. The molecule has 64 valence electrons. The van der Waals surface area contributed by atoms with Crippen LogP contribution in [-0.4, -0.2) is 9.78 Å². The van der Waals surface area contributed by atoms with Crippen molar-refractivity contribution in [2.45, 2.75) is 32.9 Å². The first kappa shape index (κ1) is 8.79. The van der Waals surface area contributed by atoms with E-state index in [0.29, 0.717) is 5.92 Å². The molecular weight excluding hydrogens is 150 g/mol. The Bertz CT molecular complexity index is 293. The van der Waals surface area contributed by atoms with E-state index < -0.39 is 0 Å². The maximum absolute atomic E-state index is 6.83. The minimum absolute atomic E-state index is 0.183. The second kappa shape index (κ2) is 3.40. The van der Waals surface area contributed by atoms with Crippen LogP contribution in [0.1, 0.15) is 38.4 Å². The zero-order valence-electron chi connectivity index (χ0n) is 7.65. The van der Waals surface area contributed by atoms with E-state index >= 15 is 0 Å². The van der Waals surface area contributed by atoms with Gasteiger partial charge in [-0.05, 0) is 11.5 Å². The average molecular weight is 163 g/mol. The van der Waals surface area contributed by atoms with Gasteiger partial charge in [0.25, 0.3) is 0 Å². The van der Waals surface area contributed by atoms with Crippen LogP contribution in [0.25, 0.3) is 4.85 Å². The summed E-state index contributed by atoms with van der Waals surface area (Å²) in [4.78, 5) is 3.38. The van der Waals surface area contributed by atoms with Crippen molar-refractivity contribution in [3.8, 4) is 0 Å². The largest absolute Gasteiger partial charge is 0.313 e. The Morgan fingerprint density at radius 1 is 1.50 bits per heavy atom. The van der Waals surface area contributed by atoms with Gasteiger partial charge in [0.2, 0.25) is 0 Å². The molecule has 0 aliphatic carbocycles. The normalized spacial score (nSPS) is 12.9. The smallest absolute Gasteiger partial charge is 0.288 e. The van der Waals surface area contributed by atoms with Crippen LogP contribution in [0.5, 0.6) is 0 Å². The first-order valence-electron chi connectivity index (χ1n) is 4.05. The van der Waals surface area contributed by atoms with Crippen molar-refractivity contribution in [1.82, 2.24) is 9.78 Å². The molecule has 0 fully saturated rings. The highest BCUT2D eigenvalue weighted by atomic mass is 15.3. The molecule has 0 N–H and O–H groups in total. The van der Waals surface area contributed by atoms with Gasteiger partial charge in [-0.2, -0.15) is 9.78 Å². The third-order valence-corrected chi connectivity index (χ3v) is 1.86. The van der Waals surface area contributed by atoms with Crippen LogP contribution in [0.4, 0.5) is 0 Å². The van der Waals surface area contributed by atoms with Gasteiger partial charge in [0.05, 0.1) is 6.20 Å². The number of hydrogen-bond donors (Lipinski definition) is 0. The van der Waals surface area contributed by atoms with E-state index in [1.807, 2.05) is 19.3 Å². The fourth-order valence-corrected chi connectivity index (χ4v) is 0.914. The zero-order valence-corrected chi connectivity index (χ0v) is 7.65. The molecule has 12 heavy (non-hydrogen) atoms. The van der Waals surface area contributed by atoms with E-state index in [-0.39, 0.29) is 6.17 Å². The van der Waals surface area contributed by atoms with Gasteiger partial charge in [0.1, 0.15) is 0 Å². The summed E-state index contributed by atoms with van der Waals surface area (Å²) in [5, 5.41) is 4.11. The number of aromatic nitrogens is 2. The summed E-state index contributed by atoms with van der Waals surface area (Å²) < 4.78 is 1.70. The Hall–Kier alpha value is -1.30. The van der Waals surface area contributed by atoms with Crippen LogP contribution in [0.15, 0.2) is 12.4 Å². The molecule has 0 aliphatic rings. The second-order valence-electron chi connectivity index (χ2n) is 3.17. The summed E-state index contributed by atoms with van der Waals surface area (Å²) in [7, 11) is 0. The van der Waals surface area contributed by atoms with Gasteiger partial charge >= 0.3 is 6.17 Å². The summed E-state index contributed by atoms with van der Waals surface area (Å²) in [6.07, 6.45) is 3.58. The van der Waals surface area contributed by atoms with Crippen molar-refractivity contribution in [1.29, 1.82) is 0 Å². The summed E-state index contributed by atoms with van der Waals surface area (Å²) in [6.45, 7) is 12.9. The Balaban J connectivity index is 2.86. The molecule has 0 amide bonds. The van der Waals surface area contributed by atoms with Crippen molar-refractivity contribution in [3.05, 3.63) is 29.4 Å². The molecule has 1 rings (SSSR count). The average Bonchev–Trinajstić information content (AvgIpc) is 2.51. The van der Waals surface area contributed by atoms with E-state index in [0.717, 1.165) is 0 Å². The monoisotopic (exact) mass is 163 g/mol. The Morgan fingerprint density at radius 2 is 2.17 bits per heavy atom. The zero-order chi connectivity index (χ0) is 9.14. The standard InChI is InChI=1S/C9H13N3/c1-7(2)9-5-11-12(6-9)8(3)10-4/h5-8H,1-3H3. The Kier molecular flexibility index (Phi) is 2.49. The van der Waals surface area contributed by atoms with Gasteiger partial charge in [-0.3, -0.25) is 4.85 Å². The number of nitrogens with zero attached hydrogens (tertiary/aromatic N) is 3. The van der Waals surface area contributed by atoms with Gasteiger partial charge in [-0.25, -0.2) is 6.57 Å². The van der Waals surface area contributed by atoms with Crippen LogP contribution < -0.4 is 0 Å². The van der Waals surface area contributed by atoms with Crippen molar-refractivity contribution < 1.29 is 0 Å². The number of rotatable bonds is 2. The highest BCUT2D eigenvalue weighted by Crippen LogP contribution is 2.15. The van der Waals surface area contributed by atoms with E-state index in [9.17, 15) is 0 Å². The summed E-state index contributed by atoms with van der Waals surface area (Å²) in [5.74, 6) is 0.483. The molecule has 0 saturated heterocycles. The van der Waals surface area contributed by atoms with Gasteiger partial charge < -0.3 is 0 Å². The van der Waals surface area contributed by atoms with Gasteiger partial charge in [-0.1, -0.05) is 13.8 Å². The van der Waals surface area contributed by atoms with Crippen LogP contribution in [0.3, 0.4) is 0 Å². The first-order chi connectivity index (χ1) is 5.65. The predicted octanol–water partition coefficient (Wildman–Crippen LogP) is 2.44. The fraction of sp³-hybridized carbons (Fsp3) is 0.556. The predicted molar refractivity (Wildman–Crippen MR) is 47.6 cm³/mol. The van der Waals surface area contributed by atoms with Crippen LogP contribution in [-0.2, 0) is 0 Å². The van der Waals surface area contributed by atoms with E-state index in [1.165, 1.54) is 5.56 Å². The SMILES string of the molecule is [C-]#[N+]C(C)n1cc(C(C)C)cn1. The Morgan fingerprint density at radius 3 is 2.58 bits per heavy atom. The van der Waals surface area contributed by atoms with Gasteiger partial charge in [-0.15, -0.1) is 0 Å². The van der Waals surface area contributed by atoms with Crippen LogP contribution in [0.2, 0.25) is 0 Å². The highest BCUT2D eigenvalue weighted by molar-refractivity contribution is 5.09. The maximum atomic E-state index is 6.83. The molecule has 1 heterocycles.